The number of nitrogens with zero attached hydrogens (tertiary/aromatic N) is 1. The highest BCUT2D eigenvalue weighted by Gasteiger charge is 2.31. The molecular weight excluding hydrogens is 532 g/mol. The average Bonchev–Trinajstić information content (AvgIpc) is 3.49. The molecule has 5 aromatic rings. The van der Waals surface area contributed by atoms with E-state index in [2.05, 4.69) is 177 Å². The summed E-state index contributed by atoms with van der Waals surface area (Å²) in [7, 11) is 3.09. The first-order valence-corrected chi connectivity index (χ1v) is 16.9. The van der Waals surface area contributed by atoms with Gasteiger partial charge in [-0.15, -0.1) is 0 Å². The molecule has 1 aliphatic carbocycles. The largest absolute Gasteiger partial charge is 0.299 e. The van der Waals surface area contributed by atoms with Crippen LogP contribution in [0.3, 0.4) is 0 Å². The molecule has 202 valence electrons. The van der Waals surface area contributed by atoms with Gasteiger partial charge in [0.1, 0.15) is 0 Å². The van der Waals surface area contributed by atoms with Crippen LogP contribution in [0.5, 0.6) is 0 Å². The third-order valence-electron chi connectivity index (χ3n) is 7.55. The van der Waals surface area contributed by atoms with Crippen LogP contribution in [0.25, 0.3) is 0 Å². The Bertz CT molecular complexity index is 1550. The Hall–Kier alpha value is -3.60. The van der Waals surface area contributed by atoms with E-state index < -0.39 is 15.8 Å². The van der Waals surface area contributed by atoms with Crippen LogP contribution >= 0.6 is 15.8 Å². The van der Waals surface area contributed by atoms with Crippen molar-refractivity contribution in [3.05, 3.63) is 174 Å². The zero-order valence-electron chi connectivity index (χ0n) is 23.6. The maximum Gasteiger partial charge on any atom is 0.0606 e. The molecule has 0 spiro atoms. The van der Waals surface area contributed by atoms with E-state index in [-0.39, 0.29) is 6.04 Å². The highest BCUT2D eigenvalue weighted by atomic mass is 31.1. The normalized spacial score (nSPS) is 13.9. The summed E-state index contributed by atoms with van der Waals surface area (Å²) < 4.78 is 0. The van der Waals surface area contributed by atoms with E-state index in [4.69, 9.17) is 0 Å². The van der Waals surface area contributed by atoms with Gasteiger partial charge in [0.25, 0.3) is 0 Å². The predicted octanol–water partition coefficient (Wildman–Crippen LogP) is 7.39. The zero-order valence-corrected chi connectivity index (χ0v) is 25.4. The van der Waals surface area contributed by atoms with E-state index in [1.54, 1.807) is 5.31 Å². The first-order chi connectivity index (χ1) is 20.2. The van der Waals surface area contributed by atoms with Crippen LogP contribution in [0.1, 0.15) is 18.0 Å². The van der Waals surface area contributed by atoms with Gasteiger partial charge in [-0.1, -0.05) is 158 Å². The van der Waals surface area contributed by atoms with E-state index >= 15 is 0 Å². The van der Waals surface area contributed by atoms with Crippen molar-refractivity contribution < 1.29 is 0 Å². The van der Waals surface area contributed by atoms with Crippen molar-refractivity contribution in [1.29, 1.82) is 0 Å². The summed E-state index contributed by atoms with van der Waals surface area (Å²) in [6.07, 6.45) is 5.77. The fraction of sp³-hybridized carbons (Fsp3) is 0.105. The molecule has 1 atom stereocenters. The summed E-state index contributed by atoms with van der Waals surface area (Å²) in [5, 5.41) is 8.55. The summed E-state index contributed by atoms with van der Waals surface area (Å²) in [5.74, 6) is 0. The lowest BCUT2D eigenvalue weighted by atomic mass is 9.98. The molecule has 0 radical (unpaired) electrons. The van der Waals surface area contributed by atoms with Gasteiger partial charge in [-0.25, -0.2) is 0 Å². The van der Waals surface area contributed by atoms with Gasteiger partial charge >= 0.3 is 0 Å². The minimum atomic E-state index is -0.724. The fourth-order valence-electron chi connectivity index (χ4n) is 5.82. The first kappa shape index (κ1) is 27.6. The molecule has 1 unspecified atom stereocenters. The molecule has 0 aromatic heterocycles. The summed E-state index contributed by atoms with van der Waals surface area (Å²) in [6.45, 7) is 0. The van der Waals surface area contributed by atoms with Crippen LogP contribution in [-0.2, 0) is 0 Å². The van der Waals surface area contributed by atoms with Gasteiger partial charge in [0.2, 0.25) is 0 Å². The van der Waals surface area contributed by atoms with Crippen molar-refractivity contribution in [2.24, 2.45) is 0 Å². The molecule has 0 saturated heterocycles. The van der Waals surface area contributed by atoms with Crippen LogP contribution in [0.2, 0.25) is 0 Å². The third kappa shape index (κ3) is 5.91. The summed E-state index contributed by atoms with van der Waals surface area (Å²) in [4.78, 5) is 2.41. The van der Waals surface area contributed by atoms with E-state index in [9.17, 15) is 0 Å². The number of hydrogen-bond acceptors (Lipinski definition) is 1. The molecule has 41 heavy (non-hydrogen) atoms. The van der Waals surface area contributed by atoms with Crippen molar-refractivity contribution in [2.75, 3.05) is 14.1 Å². The maximum atomic E-state index is 2.41. The smallest absolute Gasteiger partial charge is 0.0606 e. The molecule has 0 heterocycles. The Morgan fingerprint density at radius 2 is 0.927 bits per heavy atom. The lowest BCUT2D eigenvalue weighted by Crippen LogP contribution is -2.30. The van der Waals surface area contributed by atoms with Gasteiger partial charge in [0.15, 0.2) is 0 Å². The first-order valence-electron chi connectivity index (χ1n) is 14.2. The Balaban J connectivity index is 1.54. The van der Waals surface area contributed by atoms with Crippen molar-refractivity contribution >= 4 is 42.4 Å². The predicted molar refractivity (Wildman–Crippen MR) is 181 cm³/mol. The fourth-order valence-corrected chi connectivity index (χ4v) is 10.9. The highest BCUT2D eigenvalue weighted by molar-refractivity contribution is 7.80. The molecular formula is C38H35NP2. The number of hydrogen-bond donors (Lipinski definition) is 0. The van der Waals surface area contributed by atoms with Crippen molar-refractivity contribution in [2.45, 2.75) is 12.5 Å². The van der Waals surface area contributed by atoms with E-state index in [0.29, 0.717) is 0 Å². The van der Waals surface area contributed by atoms with Crippen LogP contribution in [0, 0.1) is 0 Å². The third-order valence-corrected chi connectivity index (χ3v) is 12.7. The Kier molecular flexibility index (Phi) is 8.69. The van der Waals surface area contributed by atoms with Crippen LogP contribution < -0.4 is 26.5 Å². The zero-order chi connectivity index (χ0) is 28.0. The van der Waals surface area contributed by atoms with E-state index in [1.165, 1.54) is 37.7 Å². The van der Waals surface area contributed by atoms with Crippen molar-refractivity contribution in [1.82, 2.24) is 4.90 Å². The molecule has 6 rings (SSSR count). The quantitative estimate of drug-likeness (QED) is 0.168. The molecule has 0 bridgehead atoms. The van der Waals surface area contributed by atoms with Crippen LogP contribution in [0.15, 0.2) is 169 Å². The minimum absolute atomic E-state index is 0.148. The van der Waals surface area contributed by atoms with Gasteiger partial charge in [0, 0.05) is 0 Å². The molecule has 0 N–H and O–H groups in total. The molecule has 3 heteroatoms. The SMILES string of the molecule is CN(C)C(C1=C(P(c2ccccc2)c2ccccc2)CC=C1)c1ccccc1P(c1ccccc1)c1ccccc1. The van der Waals surface area contributed by atoms with E-state index in [1.807, 2.05) is 0 Å². The monoisotopic (exact) mass is 567 g/mol. The average molecular weight is 568 g/mol. The second-order valence-electron chi connectivity index (χ2n) is 10.4. The van der Waals surface area contributed by atoms with Gasteiger partial charge < -0.3 is 0 Å². The molecule has 5 aromatic carbocycles. The number of benzene rings is 5. The summed E-state index contributed by atoms with van der Waals surface area (Å²) >= 11 is 0. The van der Waals surface area contributed by atoms with E-state index in [0.717, 1.165) is 6.42 Å². The number of rotatable bonds is 9. The van der Waals surface area contributed by atoms with Gasteiger partial charge in [-0.3, -0.25) is 4.90 Å². The van der Waals surface area contributed by atoms with Gasteiger partial charge in [-0.05, 0) is 79.3 Å². The van der Waals surface area contributed by atoms with Crippen molar-refractivity contribution in [3.8, 4) is 0 Å². The summed E-state index contributed by atoms with van der Waals surface area (Å²) in [6, 6.07) is 53.6. The molecule has 0 amide bonds. The second-order valence-corrected chi connectivity index (χ2v) is 14.9. The Morgan fingerprint density at radius 3 is 1.39 bits per heavy atom. The standard InChI is InChI=1S/C38H35NP2/c1-39(2)38(35-27-17-29-37(35)41(32-22-11-5-12-23-32)33-24-13-6-14-25-33)34-26-15-16-28-36(34)40(30-18-7-3-8-19-30)31-20-9-4-10-21-31/h3-28,38H,29H2,1-2H3. The molecule has 0 aliphatic heterocycles. The molecule has 1 nitrogen and oxygen atoms in total. The Labute approximate surface area is 247 Å². The topological polar surface area (TPSA) is 3.24 Å². The minimum Gasteiger partial charge on any atom is -0.299 e. The number of likely N-dealkylation sites (N-methyl/N-ethyl adjacent to an activating group) is 1. The maximum absolute atomic E-state index is 2.41. The van der Waals surface area contributed by atoms with Crippen LogP contribution in [-0.4, -0.2) is 19.0 Å². The lowest BCUT2D eigenvalue weighted by molar-refractivity contribution is 0.342. The number of allylic oxidation sites excluding steroid dienone is 2. The molecule has 0 saturated carbocycles. The second kappa shape index (κ2) is 12.9. The molecule has 0 fully saturated rings. The highest BCUT2D eigenvalue weighted by Crippen LogP contribution is 2.52. The van der Waals surface area contributed by atoms with Crippen LogP contribution in [0.4, 0.5) is 0 Å². The Morgan fingerprint density at radius 1 is 0.512 bits per heavy atom. The van der Waals surface area contributed by atoms with Crippen molar-refractivity contribution in [3.63, 3.8) is 0 Å². The molecule has 1 aliphatic rings. The summed E-state index contributed by atoms with van der Waals surface area (Å²) in [5.41, 5.74) is 2.84. The van der Waals surface area contributed by atoms with Gasteiger partial charge in [0.05, 0.1) is 6.04 Å². The lowest BCUT2D eigenvalue weighted by Gasteiger charge is -2.33. The van der Waals surface area contributed by atoms with Gasteiger partial charge in [-0.2, -0.15) is 0 Å².